The van der Waals surface area contributed by atoms with Crippen LogP contribution in [0.5, 0.6) is 0 Å². The lowest BCUT2D eigenvalue weighted by Gasteiger charge is -2.22. The summed E-state index contributed by atoms with van der Waals surface area (Å²) in [6, 6.07) is 15.7. The lowest BCUT2D eigenvalue weighted by atomic mass is 10.0. The molecule has 0 saturated heterocycles. The summed E-state index contributed by atoms with van der Waals surface area (Å²) in [6.07, 6.45) is 31.1. The van der Waals surface area contributed by atoms with Crippen LogP contribution < -0.4 is 10.6 Å². The van der Waals surface area contributed by atoms with Gasteiger partial charge in [0.25, 0.3) is 11.8 Å². The maximum Gasteiger partial charge on any atom is 0.251 e. The summed E-state index contributed by atoms with van der Waals surface area (Å²) in [5.74, 6) is -0.0220. The summed E-state index contributed by atoms with van der Waals surface area (Å²) < 4.78 is 0. The Morgan fingerprint density at radius 3 is 0.893 bits per heavy atom. The highest BCUT2D eigenvalue weighted by atomic mass is 16.2. The van der Waals surface area contributed by atoms with Gasteiger partial charge in [0.15, 0.2) is 0 Å². The summed E-state index contributed by atoms with van der Waals surface area (Å²) in [4.78, 5) is 31.2. The number of nitrogens with one attached hydrogen (secondary N) is 2. The number of rotatable bonds is 37. The summed E-state index contributed by atoms with van der Waals surface area (Å²) >= 11 is 0. The number of carbonyl (C=O) groups is 2. The maximum absolute atomic E-state index is 13.0. The molecule has 0 atom stereocenters. The molecule has 0 aliphatic carbocycles. The van der Waals surface area contributed by atoms with Crippen molar-refractivity contribution in [1.82, 2.24) is 20.4 Å². The quantitative estimate of drug-likeness (QED) is 0.0671. The minimum Gasteiger partial charge on any atom is -0.352 e. The van der Waals surface area contributed by atoms with Crippen molar-refractivity contribution in [2.45, 2.75) is 182 Å². The van der Waals surface area contributed by atoms with Crippen molar-refractivity contribution in [2.24, 2.45) is 0 Å². The van der Waals surface area contributed by atoms with E-state index in [1.807, 2.05) is 48.5 Å². The molecule has 6 heteroatoms. The molecule has 318 valence electrons. The SMILES string of the molecule is CCCCCCCCN(CCCCCCC)CCCNC(=O)c1ccc(-c2ccc(C(=O)NCCCN(CCCCCCC)CCCCCCCC)cc2)cc1. The van der Waals surface area contributed by atoms with E-state index in [-0.39, 0.29) is 11.8 Å². The average molecular weight is 775 g/mol. The van der Waals surface area contributed by atoms with E-state index in [9.17, 15) is 9.59 Å². The molecule has 2 amide bonds. The number of hydrogen-bond donors (Lipinski definition) is 2. The third-order valence-electron chi connectivity index (χ3n) is 11.3. The van der Waals surface area contributed by atoms with Crippen molar-refractivity contribution in [3.8, 4) is 11.1 Å². The predicted molar refractivity (Wildman–Crippen MR) is 243 cm³/mol. The molecular weight excluding hydrogens is 689 g/mol. The predicted octanol–water partition coefficient (Wildman–Crippen LogP) is 12.9. The van der Waals surface area contributed by atoms with Crippen LogP contribution in [0.15, 0.2) is 48.5 Å². The van der Waals surface area contributed by atoms with Crippen LogP contribution in [0.4, 0.5) is 0 Å². The van der Waals surface area contributed by atoms with Crippen LogP contribution in [-0.2, 0) is 0 Å². The number of unbranched alkanes of at least 4 members (excludes halogenated alkanes) is 18. The van der Waals surface area contributed by atoms with Crippen LogP contribution in [0, 0.1) is 0 Å². The van der Waals surface area contributed by atoms with Gasteiger partial charge in [-0.1, -0.05) is 168 Å². The summed E-state index contributed by atoms with van der Waals surface area (Å²) in [7, 11) is 0. The summed E-state index contributed by atoms with van der Waals surface area (Å²) in [5, 5.41) is 6.31. The van der Waals surface area contributed by atoms with E-state index in [4.69, 9.17) is 0 Å². The minimum atomic E-state index is -0.0110. The second-order valence-corrected chi connectivity index (χ2v) is 16.4. The van der Waals surface area contributed by atoms with Gasteiger partial charge in [0.2, 0.25) is 0 Å². The zero-order valence-electron chi connectivity index (χ0n) is 37.0. The van der Waals surface area contributed by atoms with Gasteiger partial charge in [-0.15, -0.1) is 0 Å². The Balaban J connectivity index is 1.75. The fourth-order valence-corrected chi connectivity index (χ4v) is 7.62. The largest absolute Gasteiger partial charge is 0.352 e. The van der Waals surface area contributed by atoms with E-state index < -0.39 is 0 Å². The topological polar surface area (TPSA) is 64.7 Å². The first kappa shape index (κ1) is 49.4. The molecule has 2 aromatic rings. The lowest BCUT2D eigenvalue weighted by Crippen LogP contribution is -2.31. The molecule has 0 bridgehead atoms. The Bertz CT molecular complexity index is 1120. The van der Waals surface area contributed by atoms with E-state index in [2.05, 4.69) is 48.1 Å². The van der Waals surface area contributed by atoms with Crippen molar-refractivity contribution in [2.75, 3.05) is 52.4 Å². The van der Waals surface area contributed by atoms with Gasteiger partial charge in [0, 0.05) is 24.2 Å². The number of nitrogens with zero attached hydrogens (tertiary/aromatic N) is 2. The summed E-state index contributed by atoms with van der Waals surface area (Å²) in [6.45, 7) is 17.3. The fraction of sp³-hybridized carbons (Fsp3) is 0.720. The van der Waals surface area contributed by atoms with Gasteiger partial charge in [0.05, 0.1) is 0 Å². The summed E-state index contributed by atoms with van der Waals surface area (Å²) in [5.41, 5.74) is 3.45. The molecular formula is C50H86N4O2. The van der Waals surface area contributed by atoms with E-state index in [0.29, 0.717) is 24.2 Å². The van der Waals surface area contributed by atoms with Gasteiger partial charge >= 0.3 is 0 Å². The Morgan fingerprint density at radius 1 is 0.357 bits per heavy atom. The van der Waals surface area contributed by atoms with Crippen LogP contribution in [0.2, 0.25) is 0 Å². The highest BCUT2D eigenvalue weighted by Gasteiger charge is 2.11. The molecule has 2 N–H and O–H groups in total. The highest BCUT2D eigenvalue weighted by Crippen LogP contribution is 2.21. The Kier molecular flexibility index (Phi) is 30.3. The highest BCUT2D eigenvalue weighted by molar-refractivity contribution is 5.95. The molecule has 0 aromatic heterocycles. The molecule has 0 aliphatic heterocycles. The molecule has 2 aromatic carbocycles. The van der Waals surface area contributed by atoms with Gasteiger partial charge in [0.1, 0.15) is 0 Å². The molecule has 0 saturated carbocycles. The second-order valence-electron chi connectivity index (χ2n) is 16.4. The van der Waals surface area contributed by atoms with Crippen LogP contribution in [0.25, 0.3) is 11.1 Å². The molecule has 56 heavy (non-hydrogen) atoms. The standard InChI is InChI=1S/C50H86N4O2/c1-5-9-13-17-21-25-41-53(39-23-19-15-11-7-3)43-27-37-51-49(55)47-33-29-45(30-34-47)46-31-35-48(36-32-46)50(56)52-38-28-44-54(40-24-20-16-12-8-4)42-26-22-18-14-10-6-2/h29-36H,5-28,37-44H2,1-4H3,(H,51,55)(H,52,56). The van der Waals surface area contributed by atoms with Crippen molar-refractivity contribution in [3.63, 3.8) is 0 Å². The molecule has 0 unspecified atom stereocenters. The number of carbonyl (C=O) groups excluding carboxylic acids is 2. The normalized spacial score (nSPS) is 11.5. The van der Waals surface area contributed by atoms with Gasteiger partial charge in [-0.05, 0) is 113 Å². The Labute approximate surface area is 345 Å². The monoisotopic (exact) mass is 775 g/mol. The third-order valence-corrected chi connectivity index (χ3v) is 11.3. The zero-order chi connectivity index (χ0) is 40.3. The Morgan fingerprint density at radius 2 is 0.607 bits per heavy atom. The van der Waals surface area contributed by atoms with Gasteiger partial charge in [-0.3, -0.25) is 9.59 Å². The van der Waals surface area contributed by atoms with E-state index in [1.54, 1.807) is 0 Å². The van der Waals surface area contributed by atoms with Crippen LogP contribution >= 0.6 is 0 Å². The minimum absolute atomic E-state index is 0.0110. The lowest BCUT2D eigenvalue weighted by molar-refractivity contribution is 0.0943. The van der Waals surface area contributed by atoms with Gasteiger partial charge in [-0.25, -0.2) is 0 Å². The van der Waals surface area contributed by atoms with Gasteiger partial charge in [-0.2, -0.15) is 0 Å². The van der Waals surface area contributed by atoms with Gasteiger partial charge < -0.3 is 20.4 Å². The van der Waals surface area contributed by atoms with E-state index in [1.165, 1.54) is 167 Å². The molecule has 0 spiro atoms. The number of amides is 2. The molecule has 0 aliphatic rings. The first-order valence-electron chi connectivity index (χ1n) is 23.7. The van der Waals surface area contributed by atoms with Crippen LogP contribution in [0.3, 0.4) is 0 Å². The van der Waals surface area contributed by atoms with E-state index in [0.717, 1.165) is 37.1 Å². The average Bonchev–Trinajstić information content (AvgIpc) is 3.22. The molecule has 0 fully saturated rings. The maximum atomic E-state index is 13.0. The smallest absolute Gasteiger partial charge is 0.251 e. The zero-order valence-corrected chi connectivity index (χ0v) is 37.0. The molecule has 0 heterocycles. The van der Waals surface area contributed by atoms with Crippen molar-refractivity contribution in [1.29, 1.82) is 0 Å². The van der Waals surface area contributed by atoms with Crippen molar-refractivity contribution >= 4 is 11.8 Å². The molecule has 0 radical (unpaired) electrons. The van der Waals surface area contributed by atoms with Crippen LogP contribution in [-0.4, -0.2) is 74.0 Å². The fourth-order valence-electron chi connectivity index (χ4n) is 7.62. The van der Waals surface area contributed by atoms with Crippen LogP contribution in [0.1, 0.15) is 203 Å². The number of hydrogen-bond acceptors (Lipinski definition) is 4. The molecule has 6 nitrogen and oxygen atoms in total. The van der Waals surface area contributed by atoms with Crippen molar-refractivity contribution < 1.29 is 9.59 Å². The third kappa shape index (κ3) is 24.2. The first-order valence-corrected chi connectivity index (χ1v) is 23.7. The Hall–Kier alpha value is -2.70. The van der Waals surface area contributed by atoms with Crippen molar-refractivity contribution in [3.05, 3.63) is 59.7 Å². The molecule has 2 rings (SSSR count). The first-order chi connectivity index (χ1) is 27.5. The van der Waals surface area contributed by atoms with E-state index >= 15 is 0 Å². The number of benzene rings is 2. The second kappa shape index (κ2) is 34.4.